The molecule has 1 N–H and O–H groups in total. The molecule has 1 heterocycles. The summed E-state index contributed by atoms with van der Waals surface area (Å²) in [6.07, 6.45) is 4.80. The Morgan fingerprint density at radius 1 is 1.50 bits per heavy atom. The Balaban J connectivity index is 2.27. The van der Waals surface area contributed by atoms with E-state index in [-0.39, 0.29) is 5.41 Å². The van der Waals surface area contributed by atoms with Gasteiger partial charge in [-0.2, -0.15) is 0 Å². The van der Waals surface area contributed by atoms with Crippen molar-refractivity contribution in [1.82, 2.24) is 14.9 Å². The number of aryl methyl sites for hydroxylation is 1. The van der Waals surface area contributed by atoms with Crippen LogP contribution in [0.1, 0.15) is 26.0 Å². The van der Waals surface area contributed by atoms with Crippen LogP contribution >= 0.6 is 0 Å². The van der Waals surface area contributed by atoms with Crippen LogP contribution in [0.15, 0.2) is 12.5 Å². The number of methoxy groups -OCH3 is 1. The lowest BCUT2D eigenvalue weighted by atomic mass is 9.90. The van der Waals surface area contributed by atoms with Crippen molar-refractivity contribution in [2.24, 2.45) is 12.5 Å². The smallest absolute Gasteiger partial charge is 0.0945 e. The standard InChI is InChI=1S/C12H23N3O/c1-12(2,5-6-16-4)9-13-7-11-8-14-10-15(11)3/h8,10,13H,5-7,9H2,1-4H3. The van der Waals surface area contributed by atoms with Crippen molar-refractivity contribution in [3.63, 3.8) is 0 Å². The highest BCUT2D eigenvalue weighted by Gasteiger charge is 2.16. The van der Waals surface area contributed by atoms with Crippen LogP contribution in [0.2, 0.25) is 0 Å². The third kappa shape index (κ3) is 4.33. The number of hydrogen-bond acceptors (Lipinski definition) is 3. The number of nitrogens with one attached hydrogen (secondary N) is 1. The average Bonchev–Trinajstić information content (AvgIpc) is 2.62. The lowest BCUT2D eigenvalue weighted by Gasteiger charge is -2.24. The molecule has 0 amide bonds. The van der Waals surface area contributed by atoms with E-state index in [9.17, 15) is 0 Å². The summed E-state index contributed by atoms with van der Waals surface area (Å²) in [6.45, 7) is 7.18. The normalized spacial score (nSPS) is 12.0. The minimum absolute atomic E-state index is 0.272. The van der Waals surface area contributed by atoms with Gasteiger partial charge in [-0.3, -0.25) is 0 Å². The molecule has 16 heavy (non-hydrogen) atoms. The highest BCUT2D eigenvalue weighted by molar-refractivity contribution is 4.96. The van der Waals surface area contributed by atoms with E-state index in [2.05, 4.69) is 24.1 Å². The van der Waals surface area contributed by atoms with Gasteiger partial charge in [0.2, 0.25) is 0 Å². The molecule has 4 heteroatoms. The molecule has 0 fully saturated rings. The Labute approximate surface area is 98.0 Å². The predicted molar refractivity (Wildman–Crippen MR) is 65.2 cm³/mol. The van der Waals surface area contributed by atoms with Gasteiger partial charge in [0, 0.05) is 40.1 Å². The SMILES string of the molecule is COCCC(C)(C)CNCc1cncn1C. The van der Waals surface area contributed by atoms with Gasteiger partial charge >= 0.3 is 0 Å². The van der Waals surface area contributed by atoms with Gasteiger partial charge in [0.05, 0.1) is 12.0 Å². The van der Waals surface area contributed by atoms with Gasteiger partial charge < -0.3 is 14.6 Å². The van der Waals surface area contributed by atoms with E-state index in [4.69, 9.17) is 4.74 Å². The van der Waals surface area contributed by atoms with E-state index in [0.29, 0.717) is 0 Å². The Morgan fingerprint density at radius 2 is 2.25 bits per heavy atom. The van der Waals surface area contributed by atoms with Gasteiger partial charge in [-0.25, -0.2) is 4.98 Å². The number of ether oxygens (including phenoxy) is 1. The maximum absolute atomic E-state index is 5.11. The molecular weight excluding hydrogens is 202 g/mol. The third-order valence-corrected chi connectivity index (χ3v) is 2.81. The fourth-order valence-corrected chi connectivity index (χ4v) is 1.55. The number of imidazole rings is 1. The first kappa shape index (κ1) is 13.2. The van der Waals surface area contributed by atoms with Crippen LogP contribution in [0.5, 0.6) is 0 Å². The second kappa shape index (κ2) is 6.01. The zero-order valence-corrected chi connectivity index (χ0v) is 10.8. The fourth-order valence-electron chi connectivity index (χ4n) is 1.55. The minimum atomic E-state index is 0.272. The van der Waals surface area contributed by atoms with Gasteiger partial charge in [-0.05, 0) is 11.8 Å². The van der Waals surface area contributed by atoms with Crippen LogP contribution in [-0.2, 0) is 18.3 Å². The molecule has 1 aromatic heterocycles. The van der Waals surface area contributed by atoms with Crippen LogP contribution in [0.25, 0.3) is 0 Å². The molecule has 0 unspecified atom stereocenters. The summed E-state index contributed by atoms with van der Waals surface area (Å²) in [4.78, 5) is 4.09. The average molecular weight is 225 g/mol. The molecule has 0 aliphatic carbocycles. The van der Waals surface area contributed by atoms with E-state index in [0.717, 1.165) is 26.1 Å². The number of nitrogens with zero attached hydrogens (tertiary/aromatic N) is 2. The maximum atomic E-state index is 5.11. The minimum Gasteiger partial charge on any atom is -0.385 e. The molecule has 1 rings (SSSR count). The van der Waals surface area contributed by atoms with E-state index < -0.39 is 0 Å². The number of aromatic nitrogens is 2. The zero-order valence-electron chi connectivity index (χ0n) is 10.8. The van der Waals surface area contributed by atoms with Crippen molar-refractivity contribution in [1.29, 1.82) is 0 Å². The lowest BCUT2D eigenvalue weighted by Crippen LogP contribution is -2.30. The fraction of sp³-hybridized carbons (Fsp3) is 0.750. The van der Waals surface area contributed by atoms with Crippen LogP contribution in [0.4, 0.5) is 0 Å². The van der Waals surface area contributed by atoms with Crippen LogP contribution < -0.4 is 5.32 Å². The van der Waals surface area contributed by atoms with E-state index in [1.165, 1.54) is 5.69 Å². The number of hydrogen-bond donors (Lipinski definition) is 1. The summed E-state index contributed by atoms with van der Waals surface area (Å²) < 4.78 is 7.14. The lowest BCUT2D eigenvalue weighted by molar-refractivity contribution is 0.150. The summed E-state index contributed by atoms with van der Waals surface area (Å²) in [5.41, 5.74) is 1.48. The van der Waals surface area contributed by atoms with Crippen LogP contribution in [0.3, 0.4) is 0 Å². The second-order valence-electron chi connectivity index (χ2n) is 5.01. The van der Waals surface area contributed by atoms with Gasteiger partial charge in [-0.15, -0.1) is 0 Å². The Hall–Kier alpha value is -0.870. The second-order valence-corrected chi connectivity index (χ2v) is 5.01. The predicted octanol–water partition coefficient (Wildman–Crippen LogP) is 1.57. The summed E-state index contributed by atoms with van der Waals surface area (Å²) in [5.74, 6) is 0. The molecule has 0 atom stereocenters. The van der Waals surface area contributed by atoms with E-state index in [1.807, 2.05) is 24.1 Å². The monoisotopic (exact) mass is 225 g/mol. The van der Waals surface area contributed by atoms with Crippen molar-refractivity contribution in [2.45, 2.75) is 26.8 Å². The third-order valence-electron chi connectivity index (χ3n) is 2.81. The van der Waals surface area contributed by atoms with Gasteiger partial charge in [-0.1, -0.05) is 13.8 Å². The molecule has 1 aromatic rings. The Kier molecular flexibility index (Phi) is 4.96. The van der Waals surface area contributed by atoms with Crippen molar-refractivity contribution in [2.75, 3.05) is 20.3 Å². The van der Waals surface area contributed by atoms with Crippen LogP contribution in [0, 0.1) is 5.41 Å². The highest BCUT2D eigenvalue weighted by Crippen LogP contribution is 2.18. The maximum Gasteiger partial charge on any atom is 0.0945 e. The quantitative estimate of drug-likeness (QED) is 0.765. The van der Waals surface area contributed by atoms with E-state index >= 15 is 0 Å². The molecule has 0 aliphatic rings. The Bertz CT molecular complexity index is 307. The summed E-state index contributed by atoms with van der Waals surface area (Å²) in [5, 5.41) is 3.46. The van der Waals surface area contributed by atoms with Gasteiger partial charge in [0.1, 0.15) is 0 Å². The molecule has 0 aromatic carbocycles. The molecular formula is C12H23N3O. The van der Waals surface area contributed by atoms with Crippen molar-refractivity contribution in [3.8, 4) is 0 Å². The van der Waals surface area contributed by atoms with Crippen molar-refractivity contribution >= 4 is 0 Å². The molecule has 4 nitrogen and oxygen atoms in total. The first-order chi connectivity index (χ1) is 7.55. The first-order valence-corrected chi connectivity index (χ1v) is 5.70. The molecule has 0 saturated carbocycles. The number of rotatable bonds is 7. The summed E-state index contributed by atoms with van der Waals surface area (Å²) in [7, 11) is 3.76. The van der Waals surface area contributed by atoms with E-state index in [1.54, 1.807) is 7.11 Å². The van der Waals surface area contributed by atoms with Gasteiger partial charge in [0.25, 0.3) is 0 Å². The molecule has 92 valence electrons. The largest absolute Gasteiger partial charge is 0.385 e. The van der Waals surface area contributed by atoms with Crippen molar-refractivity contribution < 1.29 is 4.74 Å². The molecule has 0 radical (unpaired) electrons. The van der Waals surface area contributed by atoms with Crippen molar-refractivity contribution in [3.05, 3.63) is 18.2 Å². The van der Waals surface area contributed by atoms with Gasteiger partial charge in [0.15, 0.2) is 0 Å². The highest BCUT2D eigenvalue weighted by atomic mass is 16.5. The Morgan fingerprint density at radius 3 is 2.81 bits per heavy atom. The molecule has 0 aliphatic heterocycles. The summed E-state index contributed by atoms with van der Waals surface area (Å²) >= 11 is 0. The summed E-state index contributed by atoms with van der Waals surface area (Å²) in [6, 6.07) is 0. The molecule has 0 bridgehead atoms. The topological polar surface area (TPSA) is 39.1 Å². The molecule has 0 saturated heterocycles. The van der Waals surface area contributed by atoms with Crippen LogP contribution in [-0.4, -0.2) is 29.8 Å². The zero-order chi connectivity index (χ0) is 12.0. The molecule has 0 spiro atoms. The first-order valence-electron chi connectivity index (χ1n) is 5.70.